The van der Waals surface area contributed by atoms with E-state index < -0.39 is 5.97 Å². The third kappa shape index (κ3) is 5.54. The third-order valence-electron chi connectivity index (χ3n) is 4.26. The van der Waals surface area contributed by atoms with Gasteiger partial charge in [-0.05, 0) is 30.5 Å². The molecule has 2 aromatic heterocycles. The highest BCUT2D eigenvalue weighted by Gasteiger charge is 2.17. The first-order chi connectivity index (χ1) is 13.9. The van der Waals surface area contributed by atoms with E-state index in [2.05, 4.69) is 24.0 Å². The lowest BCUT2D eigenvalue weighted by atomic mass is 10.0. The number of ether oxygens (including phenoxy) is 1. The average molecular weight is 410 g/mol. The number of Topliss-reactive ketones (excluding diaryl/α,β-unsaturated/α-hetero) is 1. The SMILES string of the molecule is Cc1cc(CSc2ncccc2C(=O)OCC(=O)c2ccc(C(C)C)cc2)no1. The van der Waals surface area contributed by atoms with Crippen LogP contribution < -0.4 is 0 Å². The van der Waals surface area contributed by atoms with E-state index in [-0.39, 0.29) is 12.4 Å². The standard InChI is InChI=1S/C22H22N2O4S/c1-14(2)16-6-8-17(9-7-16)20(25)12-27-22(26)19-5-4-10-23-21(19)29-13-18-11-15(3)28-24-18/h4-11,14H,12-13H2,1-3H3. The highest BCUT2D eigenvalue weighted by Crippen LogP contribution is 2.24. The second-order valence-electron chi connectivity index (χ2n) is 6.85. The smallest absolute Gasteiger partial charge is 0.341 e. The molecule has 0 spiro atoms. The summed E-state index contributed by atoms with van der Waals surface area (Å²) in [6.07, 6.45) is 1.61. The molecule has 0 unspecified atom stereocenters. The highest BCUT2D eigenvalue weighted by molar-refractivity contribution is 7.98. The van der Waals surface area contributed by atoms with Gasteiger partial charge in [-0.2, -0.15) is 0 Å². The van der Waals surface area contributed by atoms with Gasteiger partial charge in [0.05, 0.1) is 11.3 Å². The van der Waals surface area contributed by atoms with Crippen LogP contribution in [0.3, 0.4) is 0 Å². The first-order valence-electron chi connectivity index (χ1n) is 9.24. The molecule has 0 aliphatic heterocycles. The molecule has 0 bridgehead atoms. The molecular formula is C22H22N2O4S. The Hall–Kier alpha value is -2.93. The Bertz CT molecular complexity index is 996. The van der Waals surface area contributed by atoms with Crippen molar-refractivity contribution in [3.63, 3.8) is 0 Å². The third-order valence-corrected chi connectivity index (χ3v) is 5.30. The molecule has 0 saturated heterocycles. The molecule has 6 nitrogen and oxygen atoms in total. The summed E-state index contributed by atoms with van der Waals surface area (Å²) >= 11 is 1.36. The van der Waals surface area contributed by atoms with Crippen molar-refractivity contribution in [2.24, 2.45) is 0 Å². The van der Waals surface area contributed by atoms with E-state index in [1.807, 2.05) is 25.1 Å². The summed E-state index contributed by atoms with van der Waals surface area (Å²) in [4.78, 5) is 29.1. The van der Waals surface area contributed by atoms with Gasteiger partial charge in [0, 0.05) is 23.6 Å². The van der Waals surface area contributed by atoms with Crippen LogP contribution >= 0.6 is 11.8 Å². The number of ketones is 1. The fraction of sp³-hybridized carbons (Fsp3) is 0.273. The summed E-state index contributed by atoms with van der Waals surface area (Å²) in [5.41, 5.74) is 2.75. The Morgan fingerprint density at radius 1 is 1.17 bits per heavy atom. The quantitative estimate of drug-likeness (QED) is 0.299. The maximum Gasteiger partial charge on any atom is 0.341 e. The van der Waals surface area contributed by atoms with Crippen LogP contribution in [0.4, 0.5) is 0 Å². The summed E-state index contributed by atoms with van der Waals surface area (Å²) < 4.78 is 10.3. The van der Waals surface area contributed by atoms with Gasteiger partial charge < -0.3 is 9.26 Å². The highest BCUT2D eigenvalue weighted by atomic mass is 32.2. The van der Waals surface area contributed by atoms with E-state index in [0.29, 0.717) is 27.8 Å². The van der Waals surface area contributed by atoms with Crippen molar-refractivity contribution in [3.8, 4) is 0 Å². The van der Waals surface area contributed by atoms with E-state index in [4.69, 9.17) is 9.26 Å². The summed E-state index contributed by atoms with van der Waals surface area (Å²) in [6, 6.07) is 12.5. The van der Waals surface area contributed by atoms with E-state index in [1.54, 1.807) is 30.5 Å². The van der Waals surface area contributed by atoms with Crippen molar-refractivity contribution < 1.29 is 18.8 Å². The minimum absolute atomic E-state index is 0.246. The second-order valence-corrected chi connectivity index (χ2v) is 7.81. The van der Waals surface area contributed by atoms with Gasteiger partial charge in [0.25, 0.3) is 0 Å². The maximum absolute atomic E-state index is 12.5. The number of aryl methyl sites for hydroxylation is 1. The molecule has 0 aliphatic carbocycles. The molecule has 2 heterocycles. The van der Waals surface area contributed by atoms with Crippen LogP contribution in [-0.2, 0) is 10.5 Å². The normalized spacial score (nSPS) is 10.9. The van der Waals surface area contributed by atoms with Crippen molar-refractivity contribution in [1.29, 1.82) is 0 Å². The number of nitrogens with zero attached hydrogens (tertiary/aromatic N) is 2. The van der Waals surface area contributed by atoms with Gasteiger partial charge in [0.1, 0.15) is 10.8 Å². The van der Waals surface area contributed by atoms with Gasteiger partial charge in [0.15, 0.2) is 12.4 Å². The van der Waals surface area contributed by atoms with Crippen molar-refractivity contribution in [2.75, 3.05) is 6.61 Å². The zero-order chi connectivity index (χ0) is 20.8. The summed E-state index contributed by atoms with van der Waals surface area (Å²) in [5, 5.41) is 4.45. The van der Waals surface area contributed by atoms with Gasteiger partial charge in [0.2, 0.25) is 0 Å². The van der Waals surface area contributed by atoms with E-state index in [1.165, 1.54) is 11.8 Å². The molecule has 150 valence electrons. The molecule has 0 N–H and O–H groups in total. The number of pyridine rings is 1. The van der Waals surface area contributed by atoms with Gasteiger partial charge in [-0.1, -0.05) is 55.0 Å². The Balaban J connectivity index is 1.61. The number of carbonyl (C=O) groups excluding carboxylic acids is 2. The van der Waals surface area contributed by atoms with Crippen LogP contribution in [0.1, 0.15) is 57.5 Å². The number of benzene rings is 1. The van der Waals surface area contributed by atoms with E-state index in [0.717, 1.165) is 17.0 Å². The fourth-order valence-electron chi connectivity index (χ4n) is 2.64. The first-order valence-corrected chi connectivity index (χ1v) is 10.2. The molecule has 3 rings (SSSR count). The molecule has 0 aliphatic rings. The number of rotatable bonds is 8. The molecule has 7 heteroatoms. The predicted molar refractivity (Wildman–Crippen MR) is 110 cm³/mol. The van der Waals surface area contributed by atoms with Gasteiger partial charge in [-0.15, -0.1) is 0 Å². The predicted octanol–water partition coefficient (Wildman–Crippen LogP) is 4.83. The van der Waals surface area contributed by atoms with Crippen molar-refractivity contribution in [2.45, 2.75) is 37.5 Å². The van der Waals surface area contributed by atoms with Crippen LogP contribution in [0.25, 0.3) is 0 Å². The number of hydrogen-bond donors (Lipinski definition) is 0. The van der Waals surface area contributed by atoms with E-state index >= 15 is 0 Å². The molecule has 0 atom stereocenters. The Morgan fingerprint density at radius 2 is 1.93 bits per heavy atom. The lowest BCUT2D eigenvalue weighted by Gasteiger charge is -2.09. The lowest BCUT2D eigenvalue weighted by molar-refractivity contribution is 0.0470. The number of hydrogen-bond acceptors (Lipinski definition) is 7. The topological polar surface area (TPSA) is 82.3 Å². The fourth-order valence-corrected chi connectivity index (χ4v) is 3.50. The number of aromatic nitrogens is 2. The number of carbonyl (C=O) groups is 2. The average Bonchev–Trinajstić information content (AvgIpc) is 3.15. The van der Waals surface area contributed by atoms with Crippen LogP contribution in [0.2, 0.25) is 0 Å². The second kappa shape index (κ2) is 9.52. The van der Waals surface area contributed by atoms with E-state index in [9.17, 15) is 9.59 Å². The Labute approximate surface area is 173 Å². The molecular weight excluding hydrogens is 388 g/mol. The Kier molecular flexibility index (Phi) is 6.82. The largest absolute Gasteiger partial charge is 0.454 e. The van der Waals surface area contributed by atoms with Crippen LogP contribution in [0.15, 0.2) is 58.2 Å². The zero-order valence-corrected chi connectivity index (χ0v) is 17.4. The molecule has 1 aromatic carbocycles. The molecule has 0 saturated carbocycles. The van der Waals surface area contributed by atoms with Gasteiger partial charge in [-0.25, -0.2) is 9.78 Å². The lowest BCUT2D eigenvalue weighted by Crippen LogP contribution is -2.15. The summed E-state index contributed by atoms with van der Waals surface area (Å²) in [7, 11) is 0. The first kappa shape index (κ1) is 20.8. The zero-order valence-electron chi connectivity index (χ0n) is 16.5. The molecule has 0 amide bonds. The van der Waals surface area contributed by atoms with Crippen LogP contribution in [0, 0.1) is 6.92 Å². The van der Waals surface area contributed by atoms with Crippen molar-refractivity contribution >= 4 is 23.5 Å². The van der Waals surface area contributed by atoms with Crippen molar-refractivity contribution in [1.82, 2.24) is 10.1 Å². The molecule has 0 fully saturated rings. The van der Waals surface area contributed by atoms with Gasteiger partial charge in [-0.3, -0.25) is 4.79 Å². The molecule has 29 heavy (non-hydrogen) atoms. The minimum Gasteiger partial charge on any atom is -0.454 e. The minimum atomic E-state index is -0.580. The molecule has 3 aromatic rings. The van der Waals surface area contributed by atoms with Crippen LogP contribution in [0.5, 0.6) is 0 Å². The monoisotopic (exact) mass is 410 g/mol. The summed E-state index contributed by atoms with van der Waals surface area (Å²) in [5.74, 6) is 0.796. The van der Waals surface area contributed by atoms with Crippen LogP contribution in [-0.4, -0.2) is 28.5 Å². The molecule has 0 radical (unpaired) electrons. The Morgan fingerprint density at radius 3 is 2.59 bits per heavy atom. The maximum atomic E-state index is 12.5. The number of esters is 1. The van der Waals surface area contributed by atoms with Crippen molar-refractivity contribution in [3.05, 3.63) is 76.8 Å². The number of thioether (sulfide) groups is 1. The van der Waals surface area contributed by atoms with Gasteiger partial charge >= 0.3 is 5.97 Å². The summed E-state index contributed by atoms with van der Waals surface area (Å²) in [6.45, 7) is 5.68.